The van der Waals surface area contributed by atoms with Gasteiger partial charge in [0.25, 0.3) is 5.91 Å². The van der Waals surface area contributed by atoms with Crippen LogP contribution in [0.5, 0.6) is 0 Å². The second kappa shape index (κ2) is 5.90. The minimum absolute atomic E-state index is 0.000175. The smallest absolute Gasteiger partial charge is 0.287 e. The minimum atomic E-state index is -0.433. The first-order valence-corrected chi connectivity index (χ1v) is 8.18. The molecule has 24 heavy (non-hydrogen) atoms. The Kier molecular flexibility index (Phi) is 3.59. The van der Waals surface area contributed by atoms with Gasteiger partial charge in [0.05, 0.1) is 22.1 Å². The largest absolute Gasteiger partial charge is 0.451 e. The molecule has 0 saturated carbocycles. The maximum Gasteiger partial charge on any atom is 0.287 e. The monoisotopic (exact) mass is 336 g/mol. The summed E-state index contributed by atoms with van der Waals surface area (Å²) in [4.78, 5) is 28.8. The number of fused-ring (bicyclic) bond motifs is 2. The number of nitrogens with zero attached hydrogens (tertiary/aromatic N) is 1. The molecule has 0 fully saturated rings. The van der Waals surface area contributed by atoms with Gasteiger partial charge in [-0.1, -0.05) is 24.3 Å². The first-order chi connectivity index (χ1) is 11.7. The predicted octanol–water partition coefficient (Wildman–Crippen LogP) is 3.33. The maximum atomic E-state index is 12.3. The third kappa shape index (κ3) is 2.68. The summed E-state index contributed by atoms with van der Waals surface area (Å²) in [6, 6.07) is 15.9. The van der Waals surface area contributed by atoms with Crippen molar-refractivity contribution in [3.05, 3.63) is 75.6 Å². The zero-order valence-electron chi connectivity index (χ0n) is 12.5. The molecule has 4 aromatic rings. The van der Waals surface area contributed by atoms with Gasteiger partial charge in [-0.05, 0) is 24.3 Å². The van der Waals surface area contributed by atoms with Crippen molar-refractivity contribution in [3.8, 4) is 0 Å². The zero-order chi connectivity index (χ0) is 16.5. The number of hydrogen-bond acceptors (Lipinski definition) is 5. The molecule has 0 aliphatic heterocycles. The van der Waals surface area contributed by atoms with Gasteiger partial charge >= 0.3 is 0 Å². The lowest BCUT2D eigenvalue weighted by Crippen LogP contribution is -2.23. The van der Waals surface area contributed by atoms with Crippen LogP contribution in [0.3, 0.4) is 0 Å². The first-order valence-electron chi connectivity index (χ1n) is 7.36. The highest BCUT2D eigenvalue weighted by Crippen LogP contribution is 2.21. The van der Waals surface area contributed by atoms with Crippen LogP contribution in [0.4, 0.5) is 0 Å². The Morgan fingerprint density at radius 3 is 2.79 bits per heavy atom. The van der Waals surface area contributed by atoms with Crippen molar-refractivity contribution >= 4 is 38.4 Å². The Hall–Kier alpha value is -2.99. The molecule has 0 aliphatic carbocycles. The van der Waals surface area contributed by atoms with Crippen molar-refractivity contribution in [3.63, 3.8) is 0 Å². The standard InChI is InChI=1S/C18H12N2O3S/c21-13-9-15(23-14-7-3-1-5-11(13)14)18(22)19-10-17-20-12-6-2-4-8-16(12)24-17/h1-9H,10H2,(H,19,22). The molecule has 0 spiro atoms. The number of nitrogens with one attached hydrogen (secondary N) is 1. The van der Waals surface area contributed by atoms with Crippen LogP contribution in [-0.4, -0.2) is 10.9 Å². The molecule has 2 aromatic heterocycles. The summed E-state index contributed by atoms with van der Waals surface area (Å²) in [7, 11) is 0. The third-order valence-electron chi connectivity index (χ3n) is 3.60. The fourth-order valence-corrected chi connectivity index (χ4v) is 3.36. The molecule has 1 amide bonds. The molecule has 0 atom stereocenters. The lowest BCUT2D eigenvalue weighted by molar-refractivity contribution is 0.0923. The number of para-hydroxylation sites is 2. The highest BCUT2D eigenvalue weighted by atomic mass is 32.1. The van der Waals surface area contributed by atoms with E-state index in [9.17, 15) is 9.59 Å². The first kappa shape index (κ1) is 14.6. The van der Waals surface area contributed by atoms with Crippen molar-refractivity contribution in [2.75, 3.05) is 0 Å². The fraction of sp³-hybridized carbons (Fsp3) is 0.0556. The van der Waals surface area contributed by atoms with Crippen molar-refractivity contribution in [2.45, 2.75) is 6.54 Å². The number of aromatic nitrogens is 1. The van der Waals surface area contributed by atoms with E-state index in [1.807, 2.05) is 24.3 Å². The van der Waals surface area contributed by atoms with E-state index in [1.54, 1.807) is 24.3 Å². The summed E-state index contributed by atoms with van der Waals surface area (Å²) < 4.78 is 6.59. The molecular weight excluding hydrogens is 324 g/mol. The van der Waals surface area contributed by atoms with Crippen LogP contribution in [0.2, 0.25) is 0 Å². The number of thiazole rings is 1. The van der Waals surface area contributed by atoms with Crippen molar-refractivity contribution in [1.29, 1.82) is 0 Å². The van der Waals surface area contributed by atoms with Crippen LogP contribution in [0.1, 0.15) is 15.6 Å². The molecule has 0 aliphatic rings. The van der Waals surface area contributed by atoms with Gasteiger partial charge in [-0.2, -0.15) is 0 Å². The Bertz CT molecular complexity index is 1080. The van der Waals surface area contributed by atoms with Gasteiger partial charge in [-0.25, -0.2) is 4.98 Å². The third-order valence-corrected chi connectivity index (χ3v) is 4.63. The van der Waals surface area contributed by atoms with Crippen LogP contribution >= 0.6 is 11.3 Å². The molecule has 2 heterocycles. The highest BCUT2D eigenvalue weighted by Gasteiger charge is 2.13. The van der Waals surface area contributed by atoms with Gasteiger partial charge in [0, 0.05) is 6.07 Å². The van der Waals surface area contributed by atoms with Crippen LogP contribution in [0.25, 0.3) is 21.2 Å². The Labute approximate surface area is 140 Å². The Morgan fingerprint density at radius 2 is 1.92 bits per heavy atom. The van der Waals surface area contributed by atoms with Gasteiger partial charge in [0.2, 0.25) is 0 Å². The molecule has 2 aromatic carbocycles. The van der Waals surface area contributed by atoms with Crippen LogP contribution < -0.4 is 10.7 Å². The molecule has 118 valence electrons. The summed E-state index contributed by atoms with van der Waals surface area (Å²) in [5.41, 5.74) is 1.07. The summed E-state index contributed by atoms with van der Waals surface area (Å²) >= 11 is 1.52. The minimum Gasteiger partial charge on any atom is -0.451 e. The predicted molar refractivity (Wildman–Crippen MR) is 93.3 cm³/mol. The normalized spacial score (nSPS) is 11.0. The lowest BCUT2D eigenvalue weighted by atomic mass is 10.2. The van der Waals surface area contributed by atoms with Crippen molar-refractivity contribution in [2.24, 2.45) is 0 Å². The number of amides is 1. The molecule has 0 bridgehead atoms. The van der Waals surface area contributed by atoms with Crippen molar-refractivity contribution < 1.29 is 9.21 Å². The molecule has 0 radical (unpaired) electrons. The van der Waals surface area contributed by atoms with E-state index in [0.717, 1.165) is 15.2 Å². The molecule has 1 N–H and O–H groups in total. The van der Waals surface area contributed by atoms with Gasteiger partial charge in [0.1, 0.15) is 10.6 Å². The van der Waals surface area contributed by atoms with Crippen LogP contribution in [0.15, 0.2) is 63.8 Å². The van der Waals surface area contributed by atoms with Gasteiger partial charge in [0.15, 0.2) is 11.2 Å². The lowest BCUT2D eigenvalue weighted by Gasteiger charge is -2.03. The average molecular weight is 336 g/mol. The Morgan fingerprint density at radius 1 is 1.12 bits per heavy atom. The number of carbonyl (C=O) groups excluding carboxylic acids is 1. The van der Waals surface area contributed by atoms with E-state index in [4.69, 9.17) is 4.42 Å². The Balaban J connectivity index is 1.56. The number of benzene rings is 2. The average Bonchev–Trinajstić information content (AvgIpc) is 3.02. The topological polar surface area (TPSA) is 72.2 Å². The molecule has 4 rings (SSSR count). The molecule has 5 nitrogen and oxygen atoms in total. The summed E-state index contributed by atoms with van der Waals surface area (Å²) in [5.74, 6) is -0.433. The molecule has 6 heteroatoms. The van der Waals surface area contributed by atoms with E-state index in [2.05, 4.69) is 10.3 Å². The summed E-state index contributed by atoms with van der Waals surface area (Å²) in [5, 5.41) is 4.00. The van der Waals surface area contributed by atoms with Gasteiger partial charge < -0.3 is 9.73 Å². The number of rotatable bonds is 3. The van der Waals surface area contributed by atoms with E-state index in [0.29, 0.717) is 11.0 Å². The second-order valence-corrected chi connectivity index (χ2v) is 6.34. The van der Waals surface area contributed by atoms with Gasteiger partial charge in [-0.15, -0.1) is 11.3 Å². The van der Waals surface area contributed by atoms with E-state index in [1.165, 1.54) is 17.4 Å². The van der Waals surface area contributed by atoms with E-state index < -0.39 is 5.91 Å². The quantitative estimate of drug-likeness (QED) is 0.623. The maximum absolute atomic E-state index is 12.3. The fourth-order valence-electron chi connectivity index (χ4n) is 2.45. The SMILES string of the molecule is O=C(NCc1nc2ccccc2s1)c1cc(=O)c2ccccc2o1. The molecule has 0 saturated heterocycles. The van der Waals surface area contributed by atoms with Crippen LogP contribution in [0, 0.1) is 0 Å². The second-order valence-electron chi connectivity index (χ2n) is 5.23. The van der Waals surface area contributed by atoms with E-state index in [-0.39, 0.29) is 17.7 Å². The van der Waals surface area contributed by atoms with Crippen LogP contribution in [-0.2, 0) is 6.54 Å². The number of carbonyl (C=O) groups is 1. The molecular formula is C18H12N2O3S. The molecule has 0 unspecified atom stereocenters. The highest BCUT2D eigenvalue weighted by molar-refractivity contribution is 7.18. The van der Waals surface area contributed by atoms with Gasteiger partial charge in [-0.3, -0.25) is 9.59 Å². The van der Waals surface area contributed by atoms with Crippen molar-refractivity contribution in [1.82, 2.24) is 10.3 Å². The number of hydrogen-bond donors (Lipinski definition) is 1. The summed E-state index contributed by atoms with van der Waals surface area (Å²) in [6.45, 7) is 0.286. The van der Waals surface area contributed by atoms with E-state index >= 15 is 0 Å². The zero-order valence-corrected chi connectivity index (χ0v) is 13.3. The summed E-state index contributed by atoms with van der Waals surface area (Å²) in [6.07, 6.45) is 0.